The second-order valence-electron chi connectivity index (χ2n) is 5.86. The van der Waals surface area contributed by atoms with Crippen molar-refractivity contribution in [1.82, 2.24) is 9.47 Å². The van der Waals surface area contributed by atoms with E-state index < -0.39 is 0 Å². The number of benzene rings is 1. The van der Waals surface area contributed by atoms with E-state index in [0.717, 1.165) is 15.2 Å². The topological polar surface area (TPSA) is 34.5 Å². The molecule has 1 aromatic carbocycles. The van der Waals surface area contributed by atoms with Crippen molar-refractivity contribution in [2.24, 2.45) is 0 Å². The number of nitrogens with zero attached hydrogens (tertiary/aromatic N) is 2. The van der Waals surface area contributed by atoms with Crippen molar-refractivity contribution in [3.8, 4) is 11.3 Å². The summed E-state index contributed by atoms with van der Waals surface area (Å²) in [5.41, 5.74) is 3.31. The number of morpholine rings is 1. The van der Waals surface area contributed by atoms with Crippen molar-refractivity contribution in [1.29, 1.82) is 0 Å². The molecule has 1 aromatic heterocycles. The first-order chi connectivity index (χ1) is 11.0. The first-order valence-corrected chi connectivity index (χ1v) is 8.98. The van der Waals surface area contributed by atoms with Gasteiger partial charge in [0.15, 0.2) is 3.95 Å². The third kappa shape index (κ3) is 3.71. The molecular weight excluding hydrogens is 328 g/mol. The second-order valence-corrected chi connectivity index (χ2v) is 7.36. The van der Waals surface area contributed by atoms with Gasteiger partial charge < -0.3 is 14.2 Å². The summed E-state index contributed by atoms with van der Waals surface area (Å²) in [5.74, 6) is 0.100. The Bertz CT molecular complexity index is 749. The fraction of sp³-hybridized carbons (Fsp3) is 0.412. The van der Waals surface area contributed by atoms with Gasteiger partial charge in [-0.2, -0.15) is 0 Å². The van der Waals surface area contributed by atoms with Gasteiger partial charge in [-0.15, -0.1) is 11.3 Å². The van der Waals surface area contributed by atoms with Crippen molar-refractivity contribution in [3.63, 3.8) is 0 Å². The van der Waals surface area contributed by atoms with Gasteiger partial charge in [0.2, 0.25) is 5.91 Å². The lowest BCUT2D eigenvalue weighted by Gasteiger charge is -2.31. The first kappa shape index (κ1) is 16.4. The van der Waals surface area contributed by atoms with Crippen LogP contribution in [0.1, 0.15) is 12.5 Å². The molecule has 1 saturated heterocycles. The summed E-state index contributed by atoms with van der Waals surface area (Å²) in [6.45, 7) is 6.25. The molecule has 23 heavy (non-hydrogen) atoms. The number of rotatable bonds is 3. The van der Waals surface area contributed by atoms with E-state index in [1.165, 1.54) is 16.9 Å². The number of carbonyl (C=O) groups is 1. The van der Waals surface area contributed by atoms with Crippen molar-refractivity contribution in [2.75, 3.05) is 19.7 Å². The molecule has 3 rings (SSSR count). The van der Waals surface area contributed by atoms with E-state index in [1.807, 2.05) is 21.8 Å². The maximum Gasteiger partial charge on any atom is 0.242 e. The molecule has 4 nitrogen and oxygen atoms in total. The van der Waals surface area contributed by atoms with Crippen LogP contribution in [-0.2, 0) is 16.1 Å². The van der Waals surface area contributed by atoms with Crippen LogP contribution in [0.25, 0.3) is 11.3 Å². The lowest BCUT2D eigenvalue weighted by atomic mass is 10.1. The van der Waals surface area contributed by atoms with Crippen molar-refractivity contribution in [3.05, 3.63) is 39.2 Å². The normalized spacial score (nSPS) is 18.2. The molecule has 2 heterocycles. The largest absolute Gasteiger partial charge is 0.375 e. The van der Waals surface area contributed by atoms with Gasteiger partial charge >= 0.3 is 0 Å². The molecule has 1 aliphatic rings. The van der Waals surface area contributed by atoms with Gasteiger partial charge in [0, 0.05) is 18.5 Å². The maximum atomic E-state index is 12.6. The minimum atomic E-state index is 0.0970. The third-order valence-corrected chi connectivity index (χ3v) is 5.29. The van der Waals surface area contributed by atoms with E-state index in [0.29, 0.717) is 19.7 Å². The van der Waals surface area contributed by atoms with Crippen LogP contribution in [0.4, 0.5) is 0 Å². The van der Waals surface area contributed by atoms with Crippen molar-refractivity contribution < 1.29 is 9.53 Å². The summed E-state index contributed by atoms with van der Waals surface area (Å²) in [6, 6.07) is 8.30. The van der Waals surface area contributed by atoms with Gasteiger partial charge in [-0.3, -0.25) is 4.79 Å². The Hall–Kier alpha value is -1.50. The Labute approximate surface area is 145 Å². The summed E-state index contributed by atoms with van der Waals surface area (Å²) in [5, 5.41) is 2.03. The number of amides is 1. The van der Waals surface area contributed by atoms with Gasteiger partial charge in [0.05, 0.1) is 18.4 Å². The molecular formula is C17H20N2O2S2. The Morgan fingerprint density at radius 1 is 1.39 bits per heavy atom. The van der Waals surface area contributed by atoms with E-state index in [1.54, 1.807) is 0 Å². The number of thiazole rings is 1. The summed E-state index contributed by atoms with van der Waals surface area (Å²) in [6.07, 6.45) is 0.0970. The van der Waals surface area contributed by atoms with Gasteiger partial charge in [-0.25, -0.2) is 0 Å². The molecule has 122 valence electrons. The zero-order valence-electron chi connectivity index (χ0n) is 13.3. The molecule has 0 radical (unpaired) electrons. The van der Waals surface area contributed by atoms with E-state index in [9.17, 15) is 4.79 Å². The standard InChI is InChI=1S/C17H20N2O2S2/c1-12-3-5-14(6-4-12)15-11-23-17(22)19(15)10-16(20)18-7-8-21-13(2)9-18/h3-6,11,13H,7-10H2,1-2H3/t13-/m0/s1. The minimum absolute atomic E-state index is 0.0970. The number of aryl methyl sites for hydroxylation is 1. The lowest BCUT2D eigenvalue weighted by Crippen LogP contribution is -2.45. The number of ether oxygens (including phenoxy) is 1. The highest BCUT2D eigenvalue weighted by Crippen LogP contribution is 2.24. The van der Waals surface area contributed by atoms with Crippen LogP contribution in [0.3, 0.4) is 0 Å². The SMILES string of the molecule is Cc1ccc(-c2csc(=S)n2CC(=O)N2CCO[C@@H](C)C2)cc1. The molecule has 0 saturated carbocycles. The second kappa shape index (κ2) is 6.95. The van der Waals surface area contributed by atoms with E-state index in [-0.39, 0.29) is 18.6 Å². The predicted octanol–water partition coefficient (Wildman–Crippen LogP) is 3.50. The Morgan fingerprint density at radius 3 is 2.83 bits per heavy atom. The average Bonchev–Trinajstić information content (AvgIpc) is 2.89. The Kier molecular flexibility index (Phi) is 4.94. The molecule has 1 fully saturated rings. The first-order valence-electron chi connectivity index (χ1n) is 7.69. The van der Waals surface area contributed by atoms with Crippen LogP contribution in [-0.4, -0.2) is 41.2 Å². The van der Waals surface area contributed by atoms with Crippen LogP contribution < -0.4 is 0 Å². The van der Waals surface area contributed by atoms with Gasteiger partial charge in [-0.1, -0.05) is 29.8 Å². The monoisotopic (exact) mass is 348 g/mol. The Morgan fingerprint density at radius 2 is 2.13 bits per heavy atom. The summed E-state index contributed by atoms with van der Waals surface area (Å²) in [7, 11) is 0. The fourth-order valence-corrected chi connectivity index (χ4v) is 3.78. The number of carbonyl (C=O) groups excluding carboxylic acids is 1. The van der Waals surface area contributed by atoms with Crippen molar-refractivity contribution >= 4 is 29.5 Å². The molecule has 0 bridgehead atoms. The summed E-state index contributed by atoms with van der Waals surface area (Å²) in [4.78, 5) is 14.5. The number of hydrogen-bond acceptors (Lipinski definition) is 4. The lowest BCUT2D eigenvalue weighted by molar-refractivity contribution is -0.138. The van der Waals surface area contributed by atoms with Crippen LogP contribution in [0, 0.1) is 10.9 Å². The number of hydrogen-bond donors (Lipinski definition) is 0. The van der Waals surface area contributed by atoms with E-state index >= 15 is 0 Å². The van der Waals surface area contributed by atoms with E-state index in [4.69, 9.17) is 17.0 Å². The molecule has 0 aliphatic carbocycles. The molecule has 2 aromatic rings. The molecule has 1 aliphatic heterocycles. The van der Waals surface area contributed by atoms with E-state index in [2.05, 4.69) is 31.2 Å². The average molecular weight is 348 g/mol. The minimum Gasteiger partial charge on any atom is -0.375 e. The molecule has 6 heteroatoms. The Balaban J connectivity index is 1.83. The van der Waals surface area contributed by atoms with Crippen molar-refractivity contribution in [2.45, 2.75) is 26.5 Å². The summed E-state index contributed by atoms with van der Waals surface area (Å²) >= 11 is 6.93. The van der Waals surface area contributed by atoms with Gasteiger partial charge in [0.25, 0.3) is 0 Å². The number of aromatic nitrogens is 1. The van der Waals surface area contributed by atoms with Gasteiger partial charge in [-0.05, 0) is 31.6 Å². The molecule has 0 unspecified atom stereocenters. The maximum absolute atomic E-state index is 12.6. The van der Waals surface area contributed by atoms with Gasteiger partial charge in [0.1, 0.15) is 6.54 Å². The molecule has 1 atom stereocenters. The zero-order chi connectivity index (χ0) is 16.4. The predicted molar refractivity (Wildman–Crippen MR) is 95.3 cm³/mol. The quantitative estimate of drug-likeness (QED) is 0.796. The highest BCUT2D eigenvalue weighted by molar-refractivity contribution is 7.73. The molecule has 0 N–H and O–H groups in total. The van der Waals surface area contributed by atoms with Crippen LogP contribution >= 0.6 is 23.6 Å². The highest BCUT2D eigenvalue weighted by atomic mass is 32.1. The third-order valence-electron chi connectivity index (χ3n) is 4.02. The zero-order valence-corrected chi connectivity index (χ0v) is 15.0. The summed E-state index contributed by atoms with van der Waals surface area (Å²) < 4.78 is 8.17. The molecule has 0 spiro atoms. The van der Waals surface area contributed by atoms with Crippen LogP contribution in [0.2, 0.25) is 0 Å². The molecule has 1 amide bonds. The highest BCUT2D eigenvalue weighted by Gasteiger charge is 2.22. The van der Waals surface area contributed by atoms with Crippen LogP contribution in [0.5, 0.6) is 0 Å². The van der Waals surface area contributed by atoms with Crippen LogP contribution in [0.15, 0.2) is 29.6 Å². The fourth-order valence-electron chi connectivity index (χ4n) is 2.71. The smallest absolute Gasteiger partial charge is 0.242 e.